The highest BCUT2D eigenvalue weighted by molar-refractivity contribution is 14.0. The number of nitrogens with one attached hydrogen (secondary N) is 1. The van der Waals surface area contributed by atoms with Crippen molar-refractivity contribution in [2.75, 3.05) is 33.3 Å². The molecule has 2 rings (SSSR count). The van der Waals surface area contributed by atoms with Crippen molar-refractivity contribution < 1.29 is 4.74 Å². The van der Waals surface area contributed by atoms with Gasteiger partial charge in [-0.3, -0.25) is 4.99 Å². The Balaban J connectivity index is 0.00000338. The van der Waals surface area contributed by atoms with Crippen LogP contribution in [0.4, 0.5) is 0 Å². The van der Waals surface area contributed by atoms with Gasteiger partial charge in [-0.1, -0.05) is 25.1 Å². The molecule has 0 radical (unpaired) electrons. The monoisotopic (exact) mass is 472 g/mol. The zero-order chi connectivity index (χ0) is 17.9. The fourth-order valence-corrected chi connectivity index (χ4v) is 2.40. The highest BCUT2D eigenvalue weighted by Gasteiger charge is 2.06. The van der Waals surface area contributed by atoms with Crippen LogP contribution in [-0.2, 0) is 13.0 Å². The normalized spacial score (nSPS) is 11.0. The number of aromatic nitrogens is 3. The highest BCUT2D eigenvalue weighted by Crippen LogP contribution is 2.07. The van der Waals surface area contributed by atoms with Crippen molar-refractivity contribution in [3.05, 3.63) is 42.5 Å². The Hall–Kier alpha value is -1.84. The Morgan fingerprint density at radius 1 is 1.27 bits per heavy atom. The number of aryl methyl sites for hydroxylation is 1. The number of rotatable bonds is 9. The molecule has 1 aromatic carbocycles. The van der Waals surface area contributed by atoms with Crippen molar-refractivity contribution in [3.8, 4) is 5.75 Å². The molecule has 1 N–H and O–H groups in total. The van der Waals surface area contributed by atoms with E-state index in [2.05, 4.69) is 39.3 Å². The largest absolute Gasteiger partial charge is 0.492 e. The molecule has 0 aliphatic heterocycles. The first-order valence-electron chi connectivity index (χ1n) is 8.78. The van der Waals surface area contributed by atoms with Gasteiger partial charge in [-0.05, 0) is 19.1 Å². The van der Waals surface area contributed by atoms with Crippen molar-refractivity contribution in [1.82, 2.24) is 25.0 Å². The molecule has 0 unspecified atom stereocenters. The molecule has 7 nitrogen and oxygen atoms in total. The maximum absolute atomic E-state index is 5.75. The number of likely N-dealkylation sites (N-methyl/N-ethyl adjacent to an activating group) is 1. The van der Waals surface area contributed by atoms with Crippen LogP contribution in [0.5, 0.6) is 5.75 Å². The van der Waals surface area contributed by atoms with Crippen LogP contribution in [0.3, 0.4) is 0 Å². The molecule has 0 aliphatic carbocycles. The summed E-state index contributed by atoms with van der Waals surface area (Å²) in [6.45, 7) is 7.79. The van der Waals surface area contributed by atoms with Crippen LogP contribution < -0.4 is 10.1 Å². The average Bonchev–Trinajstić information content (AvgIpc) is 3.09. The molecule has 26 heavy (non-hydrogen) atoms. The number of aliphatic imine (C=N–C) groups is 1. The van der Waals surface area contributed by atoms with Crippen molar-refractivity contribution in [3.63, 3.8) is 0 Å². The lowest BCUT2D eigenvalue weighted by Gasteiger charge is -2.22. The molecule has 1 heterocycles. The van der Waals surface area contributed by atoms with Crippen molar-refractivity contribution >= 4 is 29.9 Å². The van der Waals surface area contributed by atoms with E-state index in [4.69, 9.17) is 4.74 Å². The molecule has 144 valence electrons. The number of halogens is 1. The number of para-hydroxylation sites is 1. The van der Waals surface area contributed by atoms with E-state index in [9.17, 15) is 0 Å². The van der Waals surface area contributed by atoms with Gasteiger partial charge in [-0.25, -0.2) is 0 Å². The van der Waals surface area contributed by atoms with Gasteiger partial charge in [0.15, 0.2) is 5.96 Å². The summed E-state index contributed by atoms with van der Waals surface area (Å²) >= 11 is 0. The molecule has 0 aliphatic rings. The van der Waals surface area contributed by atoms with Gasteiger partial charge in [0.2, 0.25) is 0 Å². The fourth-order valence-electron chi connectivity index (χ4n) is 2.40. The van der Waals surface area contributed by atoms with Crippen LogP contribution in [0.25, 0.3) is 0 Å². The Labute approximate surface area is 172 Å². The average molecular weight is 472 g/mol. The second-order valence-electron chi connectivity index (χ2n) is 5.61. The lowest BCUT2D eigenvalue weighted by atomic mass is 10.3. The molecule has 0 saturated heterocycles. The molecule has 2 aromatic rings. The minimum absolute atomic E-state index is 0. The molecule has 1 aromatic heterocycles. The highest BCUT2D eigenvalue weighted by atomic mass is 127. The molecular weight excluding hydrogens is 443 g/mol. The lowest BCUT2D eigenvalue weighted by molar-refractivity contribution is 0.281. The summed E-state index contributed by atoms with van der Waals surface area (Å²) in [7, 11) is 2.02. The maximum atomic E-state index is 5.75. The van der Waals surface area contributed by atoms with Crippen LogP contribution >= 0.6 is 24.0 Å². The van der Waals surface area contributed by atoms with Gasteiger partial charge in [0, 0.05) is 26.6 Å². The standard InChI is InChI=1S/C18H28N6O.HI/c1-4-17-22-21-15-24(17)12-11-20-18(19-5-2)23(3)13-14-25-16-9-7-6-8-10-16;/h6-10,15H,4-5,11-14H2,1-3H3,(H,19,20);1H. The maximum Gasteiger partial charge on any atom is 0.193 e. The van der Waals surface area contributed by atoms with Crippen LogP contribution in [-0.4, -0.2) is 58.9 Å². The quantitative estimate of drug-likeness (QED) is 0.345. The van der Waals surface area contributed by atoms with Crippen LogP contribution in [0.15, 0.2) is 41.7 Å². The van der Waals surface area contributed by atoms with Crippen LogP contribution in [0, 0.1) is 0 Å². The first kappa shape index (κ1) is 22.2. The van der Waals surface area contributed by atoms with E-state index in [1.807, 2.05) is 41.9 Å². The number of benzene rings is 1. The Bertz CT molecular complexity index is 646. The number of nitrogens with zero attached hydrogens (tertiary/aromatic N) is 5. The molecule has 0 bridgehead atoms. The van der Waals surface area contributed by atoms with Crippen LogP contribution in [0.1, 0.15) is 19.7 Å². The van der Waals surface area contributed by atoms with Gasteiger partial charge in [-0.15, -0.1) is 34.2 Å². The Morgan fingerprint density at radius 3 is 2.73 bits per heavy atom. The summed E-state index contributed by atoms with van der Waals surface area (Å²) in [4.78, 5) is 6.77. The summed E-state index contributed by atoms with van der Waals surface area (Å²) in [5, 5.41) is 11.4. The lowest BCUT2D eigenvalue weighted by Crippen LogP contribution is -2.41. The summed E-state index contributed by atoms with van der Waals surface area (Å²) in [5.74, 6) is 2.76. The third kappa shape index (κ3) is 7.19. The van der Waals surface area contributed by atoms with E-state index in [0.29, 0.717) is 13.2 Å². The van der Waals surface area contributed by atoms with Crippen molar-refractivity contribution in [2.45, 2.75) is 26.8 Å². The second-order valence-corrected chi connectivity index (χ2v) is 5.61. The number of hydrogen-bond donors (Lipinski definition) is 1. The minimum Gasteiger partial charge on any atom is -0.492 e. The SMILES string of the molecule is CCNC(=NCCn1cnnc1CC)N(C)CCOc1ccccc1.I. The minimum atomic E-state index is 0. The number of hydrogen-bond acceptors (Lipinski definition) is 4. The first-order chi connectivity index (χ1) is 12.2. The molecule has 0 saturated carbocycles. The van der Waals surface area contributed by atoms with Crippen LogP contribution in [0.2, 0.25) is 0 Å². The molecule has 8 heteroatoms. The number of ether oxygens (including phenoxy) is 1. The van der Waals surface area contributed by atoms with Gasteiger partial charge in [0.25, 0.3) is 0 Å². The smallest absolute Gasteiger partial charge is 0.193 e. The Morgan fingerprint density at radius 2 is 2.04 bits per heavy atom. The first-order valence-corrected chi connectivity index (χ1v) is 8.78. The van der Waals surface area contributed by atoms with E-state index in [1.165, 1.54) is 0 Å². The predicted octanol–water partition coefficient (Wildman–Crippen LogP) is 2.43. The molecular formula is C18H29IN6O. The van der Waals surface area contributed by atoms with E-state index in [-0.39, 0.29) is 24.0 Å². The van der Waals surface area contributed by atoms with Gasteiger partial charge >= 0.3 is 0 Å². The van der Waals surface area contributed by atoms with Gasteiger partial charge in [0.1, 0.15) is 24.5 Å². The molecule has 0 fully saturated rings. The molecule has 0 atom stereocenters. The summed E-state index contributed by atoms with van der Waals surface area (Å²) in [6, 6.07) is 9.85. The fraction of sp³-hybridized carbons (Fsp3) is 0.500. The van der Waals surface area contributed by atoms with E-state index in [1.54, 1.807) is 6.33 Å². The van der Waals surface area contributed by atoms with Crippen molar-refractivity contribution in [1.29, 1.82) is 0 Å². The van der Waals surface area contributed by atoms with E-state index in [0.717, 1.165) is 43.6 Å². The predicted molar refractivity (Wildman–Crippen MR) is 115 cm³/mol. The zero-order valence-corrected chi connectivity index (χ0v) is 18.1. The number of guanidine groups is 1. The molecule has 0 spiro atoms. The van der Waals surface area contributed by atoms with Gasteiger partial charge in [-0.2, -0.15) is 0 Å². The topological polar surface area (TPSA) is 67.6 Å². The summed E-state index contributed by atoms with van der Waals surface area (Å²) in [6.07, 6.45) is 2.64. The third-order valence-corrected chi connectivity index (χ3v) is 3.75. The third-order valence-electron chi connectivity index (χ3n) is 3.75. The second kappa shape index (κ2) is 12.5. The molecule has 0 amide bonds. The summed E-state index contributed by atoms with van der Waals surface area (Å²) in [5.41, 5.74) is 0. The van der Waals surface area contributed by atoms with Gasteiger partial charge < -0.3 is 19.5 Å². The zero-order valence-electron chi connectivity index (χ0n) is 15.8. The Kier molecular flexibility index (Phi) is 10.7. The van der Waals surface area contributed by atoms with E-state index >= 15 is 0 Å². The van der Waals surface area contributed by atoms with Crippen molar-refractivity contribution in [2.24, 2.45) is 4.99 Å². The van der Waals surface area contributed by atoms with Gasteiger partial charge in [0.05, 0.1) is 13.1 Å². The summed E-state index contributed by atoms with van der Waals surface area (Å²) < 4.78 is 7.80. The van der Waals surface area contributed by atoms with E-state index < -0.39 is 0 Å².